The van der Waals surface area contributed by atoms with Gasteiger partial charge >= 0.3 is 0 Å². The van der Waals surface area contributed by atoms with Crippen molar-refractivity contribution in [2.24, 2.45) is 5.73 Å². The van der Waals surface area contributed by atoms with E-state index < -0.39 is 0 Å². The van der Waals surface area contributed by atoms with E-state index in [1.54, 1.807) is 0 Å². The average molecular weight is 269 g/mol. The minimum Gasteiger partial charge on any atom is -0.492 e. The maximum Gasteiger partial charge on any atom is 0.119 e. The van der Waals surface area contributed by atoms with Gasteiger partial charge in [-0.2, -0.15) is 0 Å². The monoisotopic (exact) mass is 268 g/mol. The molecule has 4 heteroatoms. The Hall–Kier alpha value is -0.770. The molecule has 0 aromatic heterocycles. The molecule has 0 saturated carbocycles. The van der Waals surface area contributed by atoms with E-state index in [-0.39, 0.29) is 5.54 Å². The van der Waals surface area contributed by atoms with Crippen LogP contribution in [0.1, 0.15) is 19.3 Å². The van der Waals surface area contributed by atoms with Crippen molar-refractivity contribution >= 4 is 11.6 Å². The third-order valence-corrected chi connectivity index (χ3v) is 4.15. The fraction of sp³-hybridized carbons (Fsp3) is 0.571. The smallest absolute Gasteiger partial charge is 0.119 e. The van der Waals surface area contributed by atoms with Crippen LogP contribution in [0.5, 0.6) is 5.75 Å². The highest BCUT2D eigenvalue weighted by molar-refractivity contribution is 6.30. The number of halogens is 1. The summed E-state index contributed by atoms with van der Waals surface area (Å²) in [6, 6.07) is 7.48. The topological polar surface area (TPSA) is 38.5 Å². The Bertz CT molecular complexity index is 382. The van der Waals surface area contributed by atoms with Gasteiger partial charge in [0.15, 0.2) is 0 Å². The molecule has 1 unspecified atom stereocenters. The summed E-state index contributed by atoms with van der Waals surface area (Å²) in [4.78, 5) is 2.34. The van der Waals surface area contributed by atoms with Crippen LogP contribution < -0.4 is 10.5 Å². The molecular formula is C14H21ClN2O. The third kappa shape index (κ3) is 2.97. The molecule has 1 heterocycles. The molecule has 18 heavy (non-hydrogen) atoms. The fourth-order valence-electron chi connectivity index (χ4n) is 2.48. The summed E-state index contributed by atoms with van der Waals surface area (Å²) < 4.78 is 5.88. The van der Waals surface area contributed by atoms with Gasteiger partial charge in [-0.25, -0.2) is 0 Å². The molecule has 0 spiro atoms. The van der Waals surface area contributed by atoms with E-state index in [2.05, 4.69) is 11.9 Å². The first-order valence-electron chi connectivity index (χ1n) is 6.46. The zero-order valence-corrected chi connectivity index (χ0v) is 11.6. The molecule has 0 aliphatic carbocycles. The molecule has 1 aromatic carbocycles. The van der Waals surface area contributed by atoms with Crippen LogP contribution in [-0.2, 0) is 0 Å². The maximum atomic E-state index is 5.97. The van der Waals surface area contributed by atoms with Gasteiger partial charge < -0.3 is 10.5 Å². The Morgan fingerprint density at radius 3 is 2.67 bits per heavy atom. The van der Waals surface area contributed by atoms with Gasteiger partial charge in [-0.1, -0.05) is 18.0 Å². The van der Waals surface area contributed by atoms with Gasteiger partial charge in [0.25, 0.3) is 0 Å². The molecule has 0 amide bonds. The number of ether oxygens (including phenoxy) is 1. The number of hydrogen-bond donors (Lipinski definition) is 1. The summed E-state index contributed by atoms with van der Waals surface area (Å²) in [5.41, 5.74) is 5.96. The lowest BCUT2D eigenvalue weighted by molar-refractivity contribution is 0.0340. The van der Waals surface area contributed by atoms with Crippen LogP contribution in [0.2, 0.25) is 5.02 Å². The minimum absolute atomic E-state index is 0.0160. The van der Waals surface area contributed by atoms with Crippen molar-refractivity contribution in [2.45, 2.75) is 24.8 Å². The second-order valence-electron chi connectivity index (χ2n) is 5.05. The predicted molar refractivity (Wildman–Crippen MR) is 75.2 cm³/mol. The largest absolute Gasteiger partial charge is 0.492 e. The van der Waals surface area contributed by atoms with Crippen LogP contribution in [0.15, 0.2) is 24.3 Å². The highest BCUT2D eigenvalue weighted by Gasteiger charge is 2.36. The third-order valence-electron chi connectivity index (χ3n) is 3.90. The molecule has 1 aliphatic heterocycles. The van der Waals surface area contributed by atoms with Crippen LogP contribution in [0.25, 0.3) is 0 Å². The van der Waals surface area contributed by atoms with Gasteiger partial charge in [-0.15, -0.1) is 0 Å². The molecule has 2 rings (SSSR count). The average Bonchev–Trinajstić information content (AvgIpc) is 2.40. The van der Waals surface area contributed by atoms with Crippen LogP contribution in [0.3, 0.4) is 0 Å². The molecule has 0 bridgehead atoms. The first kappa shape index (κ1) is 13.7. The molecule has 2 N–H and O–H groups in total. The van der Waals surface area contributed by atoms with Crippen molar-refractivity contribution in [1.82, 2.24) is 4.90 Å². The molecule has 0 radical (unpaired) electrons. The van der Waals surface area contributed by atoms with E-state index in [4.69, 9.17) is 22.1 Å². The molecule has 1 saturated heterocycles. The van der Waals surface area contributed by atoms with E-state index in [9.17, 15) is 0 Å². The second kappa shape index (κ2) is 5.91. The van der Waals surface area contributed by atoms with Gasteiger partial charge in [0.05, 0.1) is 5.54 Å². The van der Waals surface area contributed by atoms with Crippen LogP contribution in [-0.4, -0.2) is 37.2 Å². The van der Waals surface area contributed by atoms with Gasteiger partial charge in [0.2, 0.25) is 0 Å². The lowest BCUT2D eigenvalue weighted by Crippen LogP contribution is -2.58. The Morgan fingerprint density at radius 2 is 2.06 bits per heavy atom. The van der Waals surface area contributed by atoms with E-state index in [1.165, 1.54) is 12.8 Å². The number of piperidine rings is 1. The number of likely N-dealkylation sites (N-methyl/N-ethyl adjacent to an activating group) is 1. The van der Waals surface area contributed by atoms with E-state index >= 15 is 0 Å². The number of nitrogens with zero attached hydrogens (tertiary/aromatic N) is 1. The lowest BCUT2D eigenvalue weighted by Gasteiger charge is -2.44. The van der Waals surface area contributed by atoms with Gasteiger partial charge in [-0.05, 0) is 50.7 Å². The summed E-state index contributed by atoms with van der Waals surface area (Å²) >= 11 is 5.85. The molecule has 1 aliphatic rings. The Balaban J connectivity index is 2.00. The Morgan fingerprint density at radius 1 is 1.33 bits per heavy atom. The Kier molecular flexibility index (Phi) is 4.49. The normalized spacial score (nSPS) is 25.1. The van der Waals surface area contributed by atoms with Crippen LogP contribution >= 0.6 is 11.6 Å². The maximum absolute atomic E-state index is 5.97. The molecular weight excluding hydrogens is 248 g/mol. The highest BCUT2D eigenvalue weighted by Crippen LogP contribution is 2.27. The van der Waals surface area contributed by atoms with Gasteiger partial charge in [0, 0.05) is 11.6 Å². The number of likely N-dealkylation sites (tertiary alicyclic amines) is 1. The summed E-state index contributed by atoms with van der Waals surface area (Å²) in [6.45, 7) is 2.37. The van der Waals surface area contributed by atoms with Gasteiger partial charge in [-0.3, -0.25) is 4.90 Å². The molecule has 3 nitrogen and oxygen atoms in total. The quantitative estimate of drug-likeness (QED) is 0.912. The van der Waals surface area contributed by atoms with E-state index in [0.717, 1.165) is 23.7 Å². The zero-order chi connectivity index (χ0) is 13.0. The minimum atomic E-state index is -0.0160. The van der Waals surface area contributed by atoms with E-state index in [0.29, 0.717) is 13.2 Å². The van der Waals surface area contributed by atoms with Crippen molar-refractivity contribution in [1.29, 1.82) is 0 Å². The summed E-state index contributed by atoms with van der Waals surface area (Å²) in [5, 5.41) is 0.727. The summed E-state index contributed by atoms with van der Waals surface area (Å²) in [5.74, 6) is 0.853. The lowest BCUT2D eigenvalue weighted by atomic mass is 9.88. The van der Waals surface area contributed by atoms with Crippen LogP contribution in [0.4, 0.5) is 0 Å². The number of benzene rings is 1. The second-order valence-corrected chi connectivity index (χ2v) is 5.49. The highest BCUT2D eigenvalue weighted by atomic mass is 35.5. The van der Waals surface area contributed by atoms with Crippen molar-refractivity contribution < 1.29 is 4.74 Å². The Labute approximate surface area is 114 Å². The molecule has 1 atom stereocenters. The van der Waals surface area contributed by atoms with Crippen LogP contribution in [0, 0.1) is 0 Å². The molecule has 1 fully saturated rings. The first-order chi connectivity index (χ1) is 8.66. The molecule has 1 aromatic rings. The van der Waals surface area contributed by atoms with Crippen molar-refractivity contribution in [2.75, 3.05) is 26.7 Å². The number of rotatable bonds is 4. The van der Waals surface area contributed by atoms with Crippen molar-refractivity contribution in [3.8, 4) is 5.75 Å². The zero-order valence-electron chi connectivity index (χ0n) is 10.9. The summed E-state index contributed by atoms with van der Waals surface area (Å²) in [6.07, 6.45) is 3.58. The molecule has 100 valence electrons. The van der Waals surface area contributed by atoms with Gasteiger partial charge in [0.1, 0.15) is 12.4 Å². The number of hydrogen-bond acceptors (Lipinski definition) is 3. The van der Waals surface area contributed by atoms with E-state index in [1.807, 2.05) is 24.3 Å². The summed E-state index contributed by atoms with van der Waals surface area (Å²) in [7, 11) is 2.14. The van der Waals surface area contributed by atoms with Crippen molar-refractivity contribution in [3.05, 3.63) is 29.3 Å². The van der Waals surface area contributed by atoms with Crippen molar-refractivity contribution in [3.63, 3.8) is 0 Å². The SMILES string of the molecule is CN1CCCCC1(CN)COc1ccc(Cl)cc1. The fourth-order valence-corrected chi connectivity index (χ4v) is 2.60. The number of nitrogens with two attached hydrogens (primary N) is 1. The first-order valence-corrected chi connectivity index (χ1v) is 6.84. The predicted octanol–water partition coefficient (Wildman–Crippen LogP) is 2.53. The standard InChI is InChI=1S/C14H21ClN2O/c1-17-9-3-2-8-14(17,10-16)11-18-13-6-4-12(15)5-7-13/h4-7H,2-3,8-11,16H2,1H3.